The van der Waals surface area contributed by atoms with Gasteiger partial charge in [-0.25, -0.2) is 9.10 Å². The molecule has 0 aliphatic carbocycles. The van der Waals surface area contributed by atoms with E-state index in [0.717, 1.165) is 29.0 Å². The minimum absolute atomic E-state index is 0.404. The highest BCUT2D eigenvalue weighted by Gasteiger charge is 2.07. The molecule has 0 heterocycles. The summed E-state index contributed by atoms with van der Waals surface area (Å²) in [5.41, 5.74) is 2.55. The Bertz CT molecular complexity index is 889. The Morgan fingerprint density at radius 3 is 2.68 bits per heavy atom. The lowest BCUT2D eigenvalue weighted by atomic mass is 10.1. The Kier molecular flexibility index (Phi) is 8.72. The normalized spacial score (nSPS) is 10.5. The summed E-state index contributed by atoms with van der Waals surface area (Å²) in [5, 5.41) is 9.35. The summed E-state index contributed by atoms with van der Waals surface area (Å²) in [5.74, 6) is 5.61. The van der Waals surface area contributed by atoms with Crippen molar-refractivity contribution in [2.45, 2.75) is 31.6 Å². The van der Waals surface area contributed by atoms with Gasteiger partial charge in [-0.3, -0.25) is 0 Å². The standard InChI is InChI=1S/C22H24ClNO3S/c1-4-5-12-24(3)28-20-10-6-16(2)17(14-20)7-8-18-13-19(23)9-11-21(18)27-15-22(25)26/h6,9-11,13-14H,4-5,12,15H2,1-3H3,(H,25,26). The van der Waals surface area contributed by atoms with Gasteiger partial charge in [0.2, 0.25) is 0 Å². The molecule has 0 radical (unpaired) electrons. The average Bonchev–Trinajstić information content (AvgIpc) is 2.65. The predicted molar refractivity (Wildman–Crippen MR) is 115 cm³/mol. The second kappa shape index (κ2) is 11.0. The number of ether oxygens (including phenoxy) is 1. The van der Waals surface area contributed by atoms with E-state index in [1.54, 1.807) is 30.1 Å². The molecule has 148 valence electrons. The van der Waals surface area contributed by atoms with E-state index in [4.69, 9.17) is 21.4 Å². The third-order valence-electron chi connectivity index (χ3n) is 3.92. The van der Waals surface area contributed by atoms with Crippen molar-refractivity contribution >= 4 is 29.5 Å². The maximum absolute atomic E-state index is 10.8. The number of hydrogen-bond donors (Lipinski definition) is 1. The number of carbonyl (C=O) groups is 1. The molecule has 0 aromatic heterocycles. The topological polar surface area (TPSA) is 49.8 Å². The Morgan fingerprint density at radius 1 is 1.21 bits per heavy atom. The molecule has 0 saturated carbocycles. The second-order valence-corrected chi connectivity index (χ2v) is 8.06. The van der Waals surface area contributed by atoms with E-state index in [-0.39, 0.29) is 0 Å². The van der Waals surface area contributed by atoms with Gasteiger partial charge in [0.05, 0.1) is 5.56 Å². The predicted octanol–water partition coefficient (Wildman–Crippen LogP) is 5.25. The summed E-state index contributed by atoms with van der Waals surface area (Å²) < 4.78 is 7.54. The summed E-state index contributed by atoms with van der Waals surface area (Å²) in [6, 6.07) is 11.2. The van der Waals surface area contributed by atoms with Crippen LogP contribution in [0.15, 0.2) is 41.3 Å². The van der Waals surface area contributed by atoms with Crippen LogP contribution in [0.2, 0.25) is 5.02 Å². The van der Waals surface area contributed by atoms with Gasteiger partial charge in [-0.2, -0.15) is 0 Å². The van der Waals surface area contributed by atoms with E-state index in [0.29, 0.717) is 16.3 Å². The molecule has 6 heteroatoms. The van der Waals surface area contributed by atoms with Crippen LogP contribution in [0.5, 0.6) is 5.75 Å². The highest BCUT2D eigenvalue weighted by atomic mass is 35.5. The average molecular weight is 418 g/mol. The van der Waals surface area contributed by atoms with Crippen molar-refractivity contribution in [3.63, 3.8) is 0 Å². The highest BCUT2D eigenvalue weighted by Crippen LogP contribution is 2.25. The van der Waals surface area contributed by atoms with Gasteiger partial charge < -0.3 is 9.84 Å². The van der Waals surface area contributed by atoms with E-state index >= 15 is 0 Å². The molecule has 0 amide bonds. The first kappa shape index (κ1) is 22.2. The molecule has 0 atom stereocenters. The first-order chi connectivity index (χ1) is 13.4. The molecular weight excluding hydrogens is 394 g/mol. The molecule has 2 aromatic rings. The summed E-state index contributed by atoms with van der Waals surface area (Å²) in [6.45, 7) is 4.80. The van der Waals surface area contributed by atoms with Gasteiger partial charge >= 0.3 is 5.97 Å². The van der Waals surface area contributed by atoms with Crippen molar-refractivity contribution in [1.82, 2.24) is 4.31 Å². The maximum Gasteiger partial charge on any atom is 0.341 e. The second-order valence-electron chi connectivity index (χ2n) is 6.35. The van der Waals surface area contributed by atoms with Gasteiger partial charge in [0, 0.05) is 22.0 Å². The van der Waals surface area contributed by atoms with Gasteiger partial charge in [0.25, 0.3) is 0 Å². The molecular formula is C22H24ClNO3S. The minimum Gasteiger partial charge on any atom is -0.481 e. The van der Waals surface area contributed by atoms with Crippen LogP contribution in [0.25, 0.3) is 0 Å². The maximum atomic E-state index is 10.8. The number of carboxylic acids is 1. The van der Waals surface area contributed by atoms with Crippen LogP contribution in [-0.4, -0.2) is 35.6 Å². The number of aliphatic carboxylic acids is 1. The first-order valence-electron chi connectivity index (χ1n) is 9.05. The van der Waals surface area contributed by atoms with E-state index in [1.807, 2.05) is 6.92 Å². The molecule has 0 aliphatic heterocycles. The number of hydrogen-bond acceptors (Lipinski definition) is 4. The van der Waals surface area contributed by atoms with E-state index in [9.17, 15) is 4.79 Å². The van der Waals surface area contributed by atoms with E-state index < -0.39 is 12.6 Å². The molecule has 0 bridgehead atoms. The van der Waals surface area contributed by atoms with Gasteiger partial charge in [0.15, 0.2) is 6.61 Å². The van der Waals surface area contributed by atoms with Crippen LogP contribution in [0.1, 0.15) is 36.5 Å². The molecule has 28 heavy (non-hydrogen) atoms. The highest BCUT2D eigenvalue weighted by molar-refractivity contribution is 7.97. The fraction of sp³-hybridized carbons (Fsp3) is 0.318. The van der Waals surface area contributed by atoms with Crippen molar-refractivity contribution in [2.24, 2.45) is 0 Å². The zero-order valence-electron chi connectivity index (χ0n) is 16.3. The lowest BCUT2D eigenvalue weighted by molar-refractivity contribution is -0.139. The number of nitrogens with zero attached hydrogens (tertiary/aromatic N) is 1. The number of halogens is 1. The van der Waals surface area contributed by atoms with Crippen molar-refractivity contribution < 1.29 is 14.6 Å². The zero-order chi connectivity index (χ0) is 20.5. The lowest BCUT2D eigenvalue weighted by Crippen LogP contribution is -2.10. The summed E-state index contributed by atoms with van der Waals surface area (Å²) in [4.78, 5) is 11.9. The van der Waals surface area contributed by atoms with Crippen LogP contribution >= 0.6 is 23.5 Å². The summed E-state index contributed by atoms with van der Waals surface area (Å²) in [7, 11) is 2.09. The Labute approximate surface area is 176 Å². The monoisotopic (exact) mass is 417 g/mol. The Hall–Kier alpha value is -2.13. The van der Waals surface area contributed by atoms with Crippen LogP contribution in [0.4, 0.5) is 0 Å². The van der Waals surface area contributed by atoms with Crippen molar-refractivity contribution in [3.05, 3.63) is 58.1 Å². The Morgan fingerprint density at radius 2 is 1.96 bits per heavy atom. The molecule has 2 rings (SSSR count). The van der Waals surface area contributed by atoms with E-state index in [1.165, 1.54) is 6.42 Å². The molecule has 0 spiro atoms. The fourth-order valence-electron chi connectivity index (χ4n) is 2.40. The van der Waals surface area contributed by atoms with Gasteiger partial charge in [-0.1, -0.05) is 42.9 Å². The van der Waals surface area contributed by atoms with Crippen LogP contribution in [0, 0.1) is 18.8 Å². The Balaban J connectivity index is 2.24. The molecule has 2 aromatic carbocycles. The first-order valence-corrected chi connectivity index (χ1v) is 10.2. The molecule has 0 fully saturated rings. The van der Waals surface area contributed by atoms with E-state index in [2.05, 4.69) is 48.3 Å². The minimum atomic E-state index is -1.04. The van der Waals surface area contributed by atoms with Crippen molar-refractivity contribution in [3.8, 4) is 17.6 Å². The lowest BCUT2D eigenvalue weighted by Gasteiger charge is -2.15. The third-order valence-corrected chi connectivity index (χ3v) is 5.12. The number of benzene rings is 2. The molecule has 0 aliphatic rings. The van der Waals surface area contributed by atoms with Gasteiger partial charge in [-0.15, -0.1) is 0 Å². The summed E-state index contributed by atoms with van der Waals surface area (Å²) in [6.07, 6.45) is 2.33. The van der Waals surface area contributed by atoms with Crippen molar-refractivity contribution in [2.75, 3.05) is 20.2 Å². The molecule has 4 nitrogen and oxygen atoms in total. The molecule has 1 N–H and O–H groups in total. The fourth-order valence-corrected chi connectivity index (χ4v) is 3.45. The molecule has 0 saturated heterocycles. The number of rotatable bonds is 8. The summed E-state index contributed by atoms with van der Waals surface area (Å²) >= 11 is 7.77. The van der Waals surface area contributed by atoms with Crippen LogP contribution in [0.3, 0.4) is 0 Å². The molecule has 0 unspecified atom stereocenters. The van der Waals surface area contributed by atoms with Crippen molar-refractivity contribution in [1.29, 1.82) is 0 Å². The quantitative estimate of drug-likeness (QED) is 0.469. The van der Waals surface area contributed by atoms with Gasteiger partial charge in [0.1, 0.15) is 5.75 Å². The number of unbranched alkanes of at least 4 members (excludes halogenated alkanes) is 1. The van der Waals surface area contributed by atoms with Crippen LogP contribution < -0.4 is 4.74 Å². The number of carboxylic acid groups (broad SMARTS) is 1. The van der Waals surface area contributed by atoms with Gasteiger partial charge in [-0.05, 0) is 68.2 Å². The third kappa shape index (κ3) is 7.12. The number of aryl methyl sites for hydroxylation is 1. The SMILES string of the molecule is CCCCN(C)Sc1ccc(C)c(C#Cc2cc(Cl)ccc2OCC(=O)O)c1. The smallest absolute Gasteiger partial charge is 0.341 e. The zero-order valence-corrected chi connectivity index (χ0v) is 17.9. The van der Waals surface area contributed by atoms with Crippen LogP contribution in [-0.2, 0) is 4.79 Å². The largest absolute Gasteiger partial charge is 0.481 e.